The van der Waals surface area contributed by atoms with Gasteiger partial charge in [0.25, 0.3) is 11.5 Å². The van der Waals surface area contributed by atoms with Crippen molar-refractivity contribution in [3.8, 4) is 0 Å². The molecule has 1 amide bonds. The van der Waals surface area contributed by atoms with E-state index in [1.54, 1.807) is 11.9 Å². The summed E-state index contributed by atoms with van der Waals surface area (Å²) in [5, 5.41) is 25.9. The lowest BCUT2D eigenvalue weighted by molar-refractivity contribution is -0.140. The average molecular weight is 463 g/mol. The maximum atomic E-state index is 12.7. The van der Waals surface area contributed by atoms with Crippen LogP contribution in [0.25, 0.3) is 0 Å². The molecule has 176 valence electrons. The molecule has 1 unspecified atom stereocenters. The number of nitrogens with zero attached hydrogens (tertiary/aromatic N) is 2. The Labute approximate surface area is 193 Å². The number of aromatic amines is 1. The van der Waals surface area contributed by atoms with Crippen molar-refractivity contribution in [2.75, 3.05) is 41.4 Å². The summed E-state index contributed by atoms with van der Waals surface area (Å²) in [7, 11) is 1.64. The lowest BCUT2D eigenvalue weighted by atomic mass is 10.1. The molecule has 2 heterocycles. The first kappa shape index (κ1) is 18.3. The number of nitrogens with one attached hydrogen (secondary N) is 4. The second-order valence-electron chi connectivity index (χ2n) is 7.22. The molecule has 13 heteroatoms. The summed E-state index contributed by atoms with van der Waals surface area (Å²) < 4.78 is 33.0. The molecule has 1 aromatic carbocycles. The van der Waals surface area contributed by atoms with Crippen LogP contribution in [0.3, 0.4) is 0 Å². The summed E-state index contributed by atoms with van der Waals surface area (Å²) in [6, 6.07) is -4.53. The number of anilines is 4. The molecule has 13 nitrogen and oxygen atoms in total. The Morgan fingerprint density at radius 2 is 2.03 bits per heavy atom. The van der Waals surface area contributed by atoms with Crippen molar-refractivity contribution in [3.63, 3.8) is 0 Å². The number of rotatable bonds is 9. The molecule has 1 aliphatic rings. The summed E-state index contributed by atoms with van der Waals surface area (Å²) in [5.74, 6) is -3.72. The quantitative estimate of drug-likeness (QED) is 0.258. The monoisotopic (exact) mass is 463 g/mol. The number of benzene rings is 1. The summed E-state index contributed by atoms with van der Waals surface area (Å²) in [6.07, 6.45) is -0.978. The minimum absolute atomic E-state index is 0.0504. The van der Waals surface area contributed by atoms with Crippen molar-refractivity contribution >= 4 is 41.0 Å². The van der Waals surface area contributed by atoms with Gasteiger partial charge in [0.05, 0.1) is 11.5 Å². The highest BCUT2D eigenvalue weighted by Crippen LogP contribution is 2.25. The Bertz CT molecular complexity index is 1290. The normalized spacial score (nSPS) is 17.4. The van der Waals surface area contributed by atoms with Gasteiger partial charge < -0.3 is 36.8 Å². The standard InChI is InChI=1S/C20H25N7O6/c1-27-12(9-23-16-15(27)18(31)26-20(21)25-16)8-22-11-4-2-10(3-5-11)17(30)24-13(19(32)33)6-7-14(28)29/h2-5,12-13,22H,6-9H2,1H3,(H,24,30)(H,28,29)(H,32,33)(H4,21,23,25,26,31)/t12?,13-/m0/s1/i2D,3D,4D,5D. The van der Waals surface area contributed by atoms with E-state index in [-0.39, 0.29) is 29.9 Å². The highest BCUT2D eigenvalue weighted by atomic mass is 16.4. The lowest BCUT2D eigenvalue weighted by Crippen LogP contribution is -2.48. The predicted octanol–water partition coefficient (Wildman–Crippen LogP) is -0.258. The molecule has 3 rings (SSSR count). The van der Waals surface area contributed by atoms with Crippen LogP contribution >= 0.6 is 0 Å². The second kappa shape index (κ2) is 9.89. The fraction of sp³-hybridized carbons (Fsp3) is 0.350. The Hall–Kier alpha value is -4.29. The molecule has 2 atom stereocenters. The fourth-order valence-corrected chi connectivity index (χ4v) is 3.17. The first-order chi connectivity index (χ1) is 17.3. The lowest BCUT2D eigenvalue weighted by Gasteiger charge is -2.35. The van der Waals surface area contributed by atoms with Crippen LogP contribution in [0.15, 0.2) is 29.0 Å². The van der Waals surface area contributed by atoms with E-state index >= 15 is 0 Å². The number of amides is 1. The van der Waals surface area contributed by atoms with E-state index in [1.807, 2.05) is 0 Å². The molecule has 0 fully saturated rings. The first-order valence-corrected chi connectivity index (χ1v) is 9.79. The van der Waals surface area contributed by atoms with Gasteiger partial charge in [-0.2, -0.15) is 4.98 Å². The van der Waals surface area contributed by atoms with Crippen LogP contribution in [-0.4, -0.2) is 70.2 Å². The van der Waals surface area contributed by atoms with Crippen LogP contribution in [-0.2, 0) is 9.59 Å². The minimum atomic E-state index is -1.60. The van der Waals surface area contributed by atoms with Gasteiger partial charge in [-0.05, 0) is 30.6 Å². The van der Waals surface area contributed by atoms with Gasteiger partial charge in [-0.3, -0.25) is 19.4 Å². The molecule has 1 aromatic heterocycles. The third-order valence-corrected chi connectivity index (χ3v) is 4.94. The number of aliphatic carboxylic acids is 2. The fourth-order valence-electron chi connectivity index (χ4n) is 3.17. The highest BCUT2D eigenvalue weighted by molar-refractivity contribution is 5.96. The van der Waals surface area contributed by atoms with Crippen molar-refractivity contribution in [2.45, 2.75) is 24.9 Å². The number of nitrogen functional groups attached to an aromatic ring is 1. The van der Waals surface area contributed by atoms with E-state index in [2.05, 4.69) is 25.9 Å². The molecule has 33 heavy (non-hydrogen) atoms. The number of hydrogen-bond acceptors (Lipinski definition) is 9. The molecule has 0 radical (unpaired) electrons. The number of likely N-dealkylation sites (N-methyl/N-ethyl adjacent to an activating group) is 1. The number of carbonyl (C=O) groups is 3. The van der Waals surface area contributed by atoms with Crippen molar-refractivity contribution < 1.29 is 30.1 Å². The van der Waals surface area contributed by atoms with Gasteiger partial charge >= 0.3 is 11.9 Å². The molecule has 2 aromatic rings. The van der Waals surface area contributed by atoms with Crippen molar-refractivity contribution in [1.29, 1.82) is 0 Å². The molecule has 0 saturated heterocycles. The maximum Gasteiger partial charge on any atom is 0.326 e. The third kappa shape index (κ3) is 5.70. The van der Waals surface area contributed by atoms with E-state index in [0.29, 0.717) is 12.4 Å². The van der Waals surface area contributed by atoms with E-state index in [1.165, 1.54) is 0 Å². The third-order valence-electron chi connectivity index (χ3n) is 4.94. The number of nitrogens with two attached hydrogens (primary N) is 1. The zero-order chi connectivity index (χ0) is 27.6. The summed E-state index contributed by atoms with van der Waals surface area (Å²) >= 11 is 0. The van der Waals surface area contributed by atoms with Crippen LogP contribution in [0.5, 0.6) is 0 Å². The van der Waals surface area contributed by atoms with Gasteiger partial charge in [-0.1, -0.05) is 0 Å². The molecule has 0 saturated carbocycles. The molecule has 1 aliphatic heterocycles. The molecular weight excluding hydrogens is 434 g/mol. The Morgan fingerprint density at radius 1 is 1.33 bits per heavy atom. The predicted molar refractivity (Wildman–Crippen MR) is 121 cm³/mol. The Morgan fingerprint density at radius 3 is 2.67 bits per heavy atom. The molecule has 0 spiro atoms. The van der Waals surface area contributed by atoms with E-state index in [0.717, 1.165) is 0 Å². The van der Waals surface area contributed by atoms with Crippen LogP contribution in [0.4, 0.5) is 23.1 Å². The van der Waals surface area contributed by atoms with Gasteiger partial charge in [0.1, 0.15) is 11.7 Å². The van der Waals surface area contributed by atoms with Crippen LogP contribution < -0.4 is 32.1 Å². The molecule has 0 bridgehead atoms. The summed E-state index contributed by atoms with van der Waals surface area (Å²) in [6.45, 7) is 0.382. The van der Waals surface area contributed by atoms with Crippen molar-refractivity contribution in [2.24, 2.45) is 0 Å². The first-order valence-electron chi connectivity index (χ1n) is 11.8. The van der Waals surface area contributed by atoms with Crippen molar-refractivity contribution in [1.82, 2.24) is 15.3 Å². The number of fused-ring (bicyclic) bond motifs is 1. The highest BCUT2D eigenvalue weighted by Gasteiger charge is 2.27. The number of aromatic nitrogens is 2. The molecule has 8 N–H and O–H groups in total. The van der Waals surface area contributed by atoms with Crippen LogP contribution in [0, 0.1) is 0 Å². The number of carboxylic acids is 2. The largest absolute Gasteiger partial charge is 0.481 e. The number of H-pyrrole nitrogens is 1. The topological polar surface area (TPSA) is 203 Å². The van der Waals surface area contributed by atoms with Gasteiger partial charge in [0, 0.05) is 37.8 Å². The summed E-state index contributed by atoms with van der Waals surface area (Å²) in [5.41, 5.74) is 4.45. The van der Waals surface area contributed by atoms with Crippen LogP contribution in [0.1, 0.15) is 28.7 Å². The van der Waals surface area contributed by atoms with Gasteiger partial charge in [0.15, 0.2) is 5.82 Å². The molecule has 0 aliphatic carbocycles. The molecular formula is C20H25N7O6. The van der Waals surface area contributed by atoms with E-state index in [9.17, 15) is 24.3 Å². The van der Waals surface area contributed by atoms with E-state index in [4.69, 9.17) is 16.3 Å². The summed E-state index contributed by atoms with van der Waals surface area (Å²) in [4.78, 5) is 55.2. The zero-order valence-electron chi connectivity index (χ0n) is 21.5. The zero-order valence-corrected chi connectivity index (χ0v) is 17.5. The number of carboxylic acid groups (broad SMARTS) is 2. The SMILES string of the molecule is [2H]c1c([2H])c(C(=O)N[C@@H](CCC(=O)O)C(=O)O)c([2H])c([2H])c1NCC1CNc2nc(N)[nH]c(=O)c2N1C. The van der Waals surface area contributed by atoms with Gasteiger partial charge in [-0.25, -0.2) is 4.79 Å². The average Bonchev–Trinajstić information content (AvgIpc) is 2.81. The van der Waals surface area contributed by atoms with Crippen LogP contribution in [0.2, 0.25) is 0 Å². The smallest absolute Gasteiger partial charge is 0.326 e. The minimum Gasteiger partial charge on any atom is -0.481 e. The second-order valence-corrected chi connectivity index (χ2v) is 7.22. The Kier molecular flexibility index (Phi) is 5.48. The number of carbonyl (C=O) groups excluding carboxylic acids is 1. The number of hydrogen-bond donors (Lipinski definition) is 7. The van der Waals surface area contributed by atoms with Crippen molar-refractivity contribution in [3.05, 3.63) is 40.1 Å². The Balaban J connectivity index is 1.82. The maximum absolute atomic E-state index is 12.7. The van der Waals surface area contributed by atoms with E-state index < -0.39 is 72.0 Å². The van der Waals surface area contributed by atoms with Gasteiger partial charge in [-0.15, -0.1) is 0 Å². The van der Waals surface area contributed by atoms with Gasteiger partial charge in [0.2, 0.25) is 5.95 Å².